The Balaban J connectivity index is 1.96. The maximum absolute atomic E-state index is 6.07. The summed E-state index contributed by atoms with van der Waals surface area (Å²) in [5, 5.41) is 7.56. The van der Waals surface area contributed by atoms with Crippen LogP contribution < -0.4 is 16.4 Å². The van der Waals surface area contributed by atoms with Crippen LogP contribution in [-0.2, 0) is 0 Å². The van der Waals surface area contributed by atoms with E-state index < -0.39 is 0 Å². The maximum Gasteiger partial charge on any atom is 0.226 e. The molecule has 1 saturated heterocycles. The average molecular weight is 272 g/mol. The molecule has 0 radical (unpaired) electrons. The van der Waals surface area contributed by atoms with Gasteiger partial charge in [0.05, 0.1) is 5.39 Å². The predicted octanol–water partition coefficient (Wildman–Crippen LogP) is 1.39. The lowest BCUT2D eigenvalue weighted by molar-refractivity contribution is 0.478. The number of aromatic nitrogens is 3. The molecular formula is C14H20N6. The summed E-state index contributed by atoms with van der Waals surface area (Å²) in [4.78, 5) is 13.3. The molecule has 1 aliphatic heterocycles. The minimum atomic E-state index is 0.353. The molecule has 106 valence electrons. The van der Waals surface area contributed by atoms with Gasteiger partial charge in [0.2, 0.25) is 5.95 Å². The van der Waals surface area contributed by atoms with Crippen molar-refractivity contribution in [2.45, 2.75) is 32.7 Å². The molecule has 2 aromatic rings. The van der Waals surface area contributed by atoms with Gasteiger partial charge in [-0.15, -0.1) is 0 Å². The van der Waals surface area contributed by atoms with Crippen molar-refractivity contribution >= 4 is 22.8 Å². The van der Waals surface area contributed by atoms with E-state index in [0.29, 0.717) is 23.5 Å². The zero-order valence-electron chi connectivity index (χ0n) is 11.9. The number of anilines is 2. The van der Waals surface area contributed by atoms with Crippen molar-refractivity contribution in [2.24, 2.45) is 0 Å². The van der Waals surface area contributed by atoms with Crippen LogP contribution in [0.3, 0.4) is 0 Å². The molecule has 0 aliphatic carbocycles. The molecular weight excluding hydrogens is 252 g/mol. The van der Waals surface area contributed by atoms with E-state index in [1.165, 1.54) is 0 Å². The minimum Gasteiger partial charge on any atom is -0.383 e. The van der Waals surface area contributed by atoms with Crippen molar-refractivity contribution in [3.8, 4) is 0 Å². The van der Waals surface area contributed by atoms with E-state index in [1.54, 1.807) is 0 Å². The molecule has 1 aliphatic rings. The summed E-state index contributed by atoms with van der Waals surface area (Å²) in [6.45, 7) is 5.98. The number of hydrogen-bond acceptors (Lipinski definition) is 6. The number of rotatable bonds is 2. The number of fused-ring (bicyclic) bond motifs is 1. The van der Waals surface area contributed by atoms with Gasteiger partial charge >= 0.3 is 0 Å². The van der Waals surface area contributed by atoms with Crippen molar-refractivity contribution in [1.29, 1.82) is 0 Å². The van der Waals surface area contributed by atoms with Gasteiger partial charge in [0.1, 0.15) is 5.82 Å². The van der Waals surface area contributed by atoms with E-state index in [-0.39, 0.29) is 0 Å². The number of aryl methyl sites for hydroxylation is 2. The molecule has 1 unspecified atom stereocenters. The Bertz CT molecular complexity index is 633. The fourth-order valence-electron chi connectivity index (χ4n) is 2.73. The summed E-state index contributed by atoms with van der Waals surface area (Å²) >= 11 is 0. The molecule has 4 N–H and O–H groups in total. The number of hydrogen-bond donors (Lipinski definition) is 3. The number of nitrogens with one attached hydrogen (secondary N) is 2. The van der Waals surface area contributed by atoms with Crippen LogP contribution in [0.25, 0.3) is 11.0 Å². The summed E-state index contributed by atoms with van der Waals surface area (Å²) in [7, 11) is 0. The highest BCUT2D eigenvalue weighted by Gasteiger charge is 2.15. The number of nitrogen functional groups attached to an aromatic ring is 1. The standard InChI is InChI=1S/C14H20N6/c1-8-6-9(2)17-13-11(8)12(15)19-14(20-13)18-10-4-3-5-16-7-10/h6,10,16H,3-5,7H2,1-2H3,(H3,15,17,18,19,20). The molecule has 6 heteroatoms. The topological polar surface area (TPSA) is 88.8 Å². The lowest BCUT2D eigenvalue weighted by Crippen LogP contribution is -2.38. The van der Waals surface area contributed by atoms with Crippen molar-refractivity contribution in [3.05, 3.63) is 17.3 Å². The fourth-order valence-corrected chi connectivity index (χ4v) is 2.73. The van der Waals surface area contributed by atoms with Gasteiger partial charge in [0.25, 0.3) is 0 Å². The van der Waals surface area contributed by atoms with Crippen molar-refractivity contribution in [1.82, 2.24) is 20.3 Å². The second-order valence-corrected chi connectivity index (χ2v) is 5.40. The molecule has 3 heterocycles. The molecule has 20 heavy (non-hydrogen) atoms. The highest BCUT2D eigenvalue weighted by molar-refractivity contribution is 5.89. The van der Waals surface area contributed by atoms with Crippen LogP contribution in [-0.4, -0.2) is 34.1 Å². The first-order valence-corrected chi connectivity index (χ1v) is 7.02. The van der Waals surface area contributed by atoms with Crippen molar-refractivity contribution < 1.29 is 0 Å². The molecule has 0 bridgehead atoms. The number of piperidine rings is 1. The van der Waals surface area contributed by atoms with Crippen LogP contribution in [0.5, 0.6) is 0 Å². The maximum atomic E-state index is 6.07. The smallest absolute Gasteiger partial charge is 0.226 e. The summed E-state index contributed by atoms with van der Waals surface area (Å²) in [5.41, 5.74) is 8.74. The average Bonchev–Trinajstić information content (AvgIpc) is 2.38. The molecule has 0 saturated carbocycles. The number of nitrogens with zero attached hydrogens (tertiary/aromatic N) is 3. The van der Waals surface area contributed by atoms with Gasteiger partial charge in [-0.05, 0) is 44.9 Å². The van der Waals surface area contributed by atoms with Gasteiger partial charge in [-0.2, -0.15) is 9.97 Å². The molecule has 0 spiro atoms. The highest BCUT2D eigenvalue weighted by Crippen LogP contribution is 2.23. The summed E-state index contributed by atoms with van der Waals surface area (Å²) < 4.78 is 0. The zero-order valence-corrected chi connectivity index (χ0v) is 11.9. The first-order chi connectivity index (χ1) is 9.63. The lowest BCUT2D eigenvalue weighted by atomic mass is 10.1. The van der Waals surface area contributed by atoms with Gasteiger partial charge in [-0.3, -0.25) is 0 Å². The Morgan fingerprint density at radius 3 is 2.90 bits per heavy atom. The normalized spacial score (nSPS) is 19.2. The monoisotopic (exact) mass is 272 g/mol. The second-order valence-electron chi connectivity index (χ2n) is 5.40. The van der Waals surface area contributed by atoms with E-state index in [0.717, 1.165) is 42.6 Å². The van der Waals surface area contributed by atoms with E-state index in [4.69, 9.17) is 5.73 Å². The fraction of sp³-hybridized carbons (Fsp3) is 0.500. The van der Waals surface area contributed by atoms with Gasteiger partial charge in [0, 0.05) is 18.3 Å². The third kappa shape index (κ3) is 2.51. The van der Waals surface area contributed by atoms with Crippen LogP contribution in [0, 0.1) is 13.8 Å². The van der Waals surface area contributed by atoms with Crippen molar-refractivity contribution in [2.75, 3.05) is 24.1 Å². The third-order valence-electron chi connectivity index (χ3n) is 3.65. The van der Waals surface area contributed by atoms with Gasteiger partial charge < -0.3 is 16.4 Å². The minimum absolute atomic E-state index is 0.353. The second kappa shape index (κ2) is 5.20. The molecule has 0 amide bonds. The number of nitrogens with two attached hydrogens (primary N) is 1. The van der Waals surface area contributed by atoms with E-state index in [9.17, 15) is 0 Å². The molecule has 3 rings (SSSR count). The molecule has 0 aromatic carbocycles. The van der Waals surface area contributed by atoms with Crippen LogP contribution in [0.2, 0.25) is 0 Å². The van der Waals surface area contributed by atoms with Crippen LogP contribution in [0.4, 0.5) is 11.8 Å². The van der Waals surface area contributed by atoms with Crippen LogP contribution in [0.1, 0.15) is 24.1 Å². The van der Waals surface area contributed by atoms with Gasteiger partial charge in [-0.25, -0.2) is 4.98 Å². The lowest BCUT2D eigenvalue weighted by Gasteiger charge is -2.23. The summed E-state index contributed by atoms with van der Waals surface area (Å²) in [6.07, 6.45) is 2.28. The van der Waals surface area contributed by atoms with E-state index in [2.05, 4.69) is 25.6 Å². The zero-order chi connectivity index (χ0) is 14.1. The Morgan fingerprint density at radius 2 is 2.15 bits per heavy atom. The predicted molar refractivity (Wildman–Crippen MR) is 80.7 cm³/mol. The van der Waals surface area contributed by atoms with Crippen molar-refractivity contribution in [3.63, 3.8) is 0 Å². The molecule has 1 atom stereocenters. The molecule has 2 aromatic heterocycles. The Hall–Kier alpha value is -1.95. The Kier molecular flexibility index (Phi) is 3.40. The highest BCUT2D eigenvalue weighted by atomic mass is 15.2. The van der Waals surface area contributed by atoms with Crippen LogP contribution >= 0.6 is 0 Å². The largest absolute Gasteiger partial charge is 0.383 e. The first kappa shape index (κ1) is 13.1. The SMILES string of the molecule is Cc1cc(C)c2c(N)nc(NC3CCCNC3)nc2n1. The Labute approximate surface area is 118 Å². The number of pyridine rings is 1. The first-order valence-electron chi connectivity index (χ1n) is 7.02. The quantitative estimate of drug-likeness (QED) is 0.765. The summed E-state index contributed by atoms with van der Waals surface area (Å²) in [6, 6.07) is 2.35. The van der Waals surface area contributed by atoms with Gasteiger partial charge in [0.15, 0.2) is 5.65 Å². The van der Waals surface area contributed by atoms with E-state index >= 15 is 0 Å². The van der Waals surface area contributed by atoms with Crippen LogP contribution in [0.15, 0.2) is 6.07 Å². The van der Waals surface area contributed by atoms with Gasteiger partial charge in [-0.1, -0.05) is 0 Å². The molecule has 1 fully saturated rings. The molecule has 6 nitrogen and oxygen atoms in total. The Morgan fingerprint density at radius 1 is 1.30 bits per heavy atom. The third-order valence-corrected chi connectivity index (χ3v) is 3.65. The van der Waals surface area contributed by atoms with E-state index in [1.807, 2.05) is 19.9 Å². The summed E-state index contributed by atoms with van der Waals surface area (Å²) in [5.74, 6) is 1.06.